The molecule has 2 aromatic carbocycles. The van der Waals surface area contributed by atoms with Gasteiger partial charge in [0.15, 0.2) is 0 Å². The molecule has 3 rings (SSSR count). The summed E-state index contributed by atoms with van der Waals surface area (Å²) in [6, 6.07) is 11.3. The van der Waals surface area contributed by atoms with Crippen LogP contribution in [0.3, 0.4) is 0 Å². The molecular weight excluding hydrogens is 457 g/mol. The zero-order valence-corrected chi connectivity index (χ0v) is 20.7. The number of ether oxygens (including phenoxy) is 1. The Labute approximate surface area is 206 Å². The van der Waals surface area contributed by atoms with E-state index in [0.717, 1.165) is 36.4 Å². The normalized spacial score (nSPS) is 18.2. The summed E-state index contributed by atoms with van der Waals surface area (Å²) < 4.78 is 20.4. The second kappa shape index (κ2) is 12.6. The topological polar surface area (TPSA) is 70.0 Å². The van der Waals surface area contributed by atoms with Gasteiger partial charge in [-0.15, -0.1) is 0 Å². The van der Waals surface area contributed by atoms with Crippen LogP contribution in [0.2, 0.25) is 5.02 Å². The minimum Gasteiger partial charge on any atom is -0.481 e. The Morgan fingerprint density at radius 2 is 2.12 bits per heavy atom. The van der Waals surface area contributed by atoms with Crippen LogP contribution in [0.4, 0.5) is 4.39 Å². The van der Waals surface area contributed by atoms with E-state index in [0.29, 0.717) is 30.1 Å². The number of nitrogens with zero attached hydrogens (tertiary/aromatic N) is 1. The minimum atomic E-state index is -0.966. The molecule has 1 aliphatic heterocycles. The van der Waals surface area contributed by atoms with Crippen LogP contribution in [-0.4, -0.2) is 52.9 Å². The molecule has 0 aromatic heterocycles. The predicted molar refractivity (Wildman–Crippen MR) is 132 cm³/mol. The summed E-state index contributed by atoms with van der Waals surface area (Å²) in [6.45, 7) is 5.50. The van der Waals surface area contributed by atoms with Crippen molar-refractivity contribution in [1.82, 2.24) is 4.90 Å². The number of aliphatic hydroxyl groups excluding tert-OH is 1. The van der Waals surface area contributed by atoms with Crippen molar-refractivity contribution in [3.05, 3.63) is 69.5 Å². The summed E-state index contributed by atoms with van der Waals surface area (Å²) in [7, 11) is 0. The first kappa shape index (κ1) is 26.6. The number of carboxylic acid groups (broad SMARTS) is 1. The van der Waals surface area contributed by atoms with Gasteiger partial charge in [0, 0.05) is 24.0 Å². The first-order valence-electron chi connectivity index (χ1n) is 12.1. The van der Waals surface area contributed by atoms with Crippen molar-refractivity contribution in [3.63, 3.8) is 0 Å². The molecule has 0 radical (unpaired) electrons. The summed E-state index contributed by atoms with van der Waals surface area (Å²) in [4.78, 5) is 13.3. The summed E-state index contributed by atoms with van der Waals surface area (Å²) in [5, 5.41) is 20.5. The van der Waals surface area contributed by atoms with Crippen LogP contribution >= 0.6 is 11.6 Å². The first-order chi connectivity index (χ1) is 16.3. The highest BCUT2D eigenvalue weighted by atomic mass is 35.5. The van der Waals surface area contributed by atoms with Gasteiger partial charge in [0.25, 0.3) is 0 Å². The monoisotopic (exact) mass is 491 g/mol. The van der Waals surface area contributed by atoms with Crippen molar-refractivity contribution in [2.45, 2.75) is 70.6 Å². The average molecular weight is 492 g/mol. The largest absolute Gasteiger partial charge is 0.481 e. The molecule has 3 atom stereocenters. The van der Waals surface area contributed by atoms with Crippen LogP contribution in [0.25, 0.3) is 0 Å². The van der Waals surface area contributed by atoms with Gasteiger partial charge in [-0.25, -0.2) is 4.39 Å². The number of aliphatic carboxylic acids is 1. The molecule has 0 saturated carbocycles. The molecule has 0 aliphatic carbocycles. The number of likely N-dealkylation sites (tertiary alicyclic amines) is 1. The SMILES string of the molecule is CC[C@@H](OC[C@H](O)CN1CCC[C@H]1Cc1ccc(C)c(Cl)c1)c1cccc(F)c1CCC(=O)O. The Hall–Kier alpha value is -1.99. The van der Waals surface area contributed by atoms with Crippen molar-refractivity contribution >= 4 is 17.6 Å². The van der Waals surface area contributed by atoms with E-state index in [1.54, 1.807) is 12.1 Å². The number of rotatable bonds is 12. The molecule has 2 N–H and O–H groups in total. The Bertz CT molecular complexity index is 970. The minimum absolute atomic E-state index is 0.109. The lowest BCUT2D eigenvalue weighted by Gasteiger charge is -2.28. The number of carboxylic acids is 1. The van der Waals surface area contributed by atoms with Crippen LogP contribution in [-0.2, 0) is 22.4 Å². The van der Waals surface area contributed by atoms with Gasteiger partial charge in [0.05, 0.1) is 18.8 Å². The quantitative estimate of drug-likeness (QED) is 0.419. The van der Waals surface area contributed by atoms with E-state index in [1.165, 1.54) is 11.6 Å². The lowest BCUT2D eigenvalue weighted by Crippen LogP contribution is -2.39. The van der Waals surface area contributed by atoms with Crippen LogP contribution in [0.15, 0.2) is 36.4 Å². The third-order valence-electron chi connectivity index (χ3n) is 6.60. The van der Waals surface area contributed by atoms with Gasteiger partial charge in [0.2, 0.25) is 0 Å². The molecular formula is C27H35ClFNO4. The molecule has 34 heavy (non-hydrogen) atoms. The van der Waals surface area contributed by atoms with E-state index in [-0.39, 0.29) is 19.4 Å². The first-order valence-corrected chi connectivity index (χ1v) is 12.4. The van der Waals surface area contributed by atoms with Crippen molar-refractivity contribution in [2.24, 2.45) is 0 Å². The fourth-order valence-electron chi connectivity index (χ4n) is 4.75. The van der Waals surface area contributed by atoms with Crippen LogP contribution in [0.5, 0.6) is 0 Å². The smallest absolute Gasteiger partial charge is 0.303 e. The molecule has 0 bridgehead atoms. The molecule has 7 heteroatoms. The Morgan fingerprint density at radius 1 is 1.32 bits per heavy atom. The van der Waals surface area contributed by atoms with E-state index in [9.17, 15) is 14.3 Å². The van der Waals surface area contributed by atoms with Crippen LogP contribution < -0.4 is 0 Å². The van der Waals surface area contributed by atoms with E-state index in [1.807, 2.05) is 26.0 Å². The number of carbonyl (C=O) groups is 1. The van der Waals surface area contributed by atoms with E-state index in [2.05, 4.69) is 11.0 Å². The third kappa shape index (κ3) is 7.25. The zero-order valence-electron chi connectivity index (χ0n) is 20.0. The van der Waals surface area contributed by atoms with Crippen molar-refractivity contribution in [1.29, 1.82) is 0 Å². The molecule has 1 aliphatic rings. The Kier molecular flexibility index (Phi) is 9.89. The number of aryl methyl sites for hydroxylation is 1. The Morgan fingerprint density at radius 3 is 2.82 bits per heavy atom. The number of β-amino-alcohol motifs (C(OH)–C–C–N with tert-alkyl or cyclic N) is 1. The molecule has 1 saturated heterocycles. The van der Waals surface area contributed by atoms with Gasteiger partial charge in [-0.1, -0.05) is 42.8 Å². The molecule has 0 spiro atoms. The second-order valence-corrected chi connectivity index (χ2v) is 9.57. The second-order valence-electron chi connectivity index (χ2n) is 9.16. The number of hydrogen-bond acceptors (Lipinski definition) is 4. The fraction of sp³-hybridized carbons (Fsp3) is 0.519. The lowest BCUT2D eigenvalue weighted by atomic mass is 9.96. The highest BCUT2D eigenvalue weighted by Gasteiger charge is 2.27. The fourth-order valence-corrected chi connectivity index (χ4v) is 4.96. The average Bonchev–Trinajstić information content (AvgIpc) is 3.22. The number of aliphatic hydroxyl groups is 1. The van der Waals surface area contributed by atoms with E-state index >= 15 is 0 Å². The van der Waals surface area contributed by atoms with Crippen LogP contribution in [0, 0.1) is 12.7 Å². The summed E-state index contributed by atoms with van der Waals surface area (Å²) in [6.07, 6.45) is 2.54. The van der Waals surface area contributed by atoms with Gasteiger partial charge in [0.1, 0.15) is 5.82 Å². The maximum Gasteiger partial charge on any atom is 0.303 e. The highest BCUT2D eigenvalue weighted by molar-refractivity contribution is 6.31. The summed E-state index contributed by atoms with van der Waals surface area (Å²) in [5.41, 5.74) is 3.30. The standard InChI is InChI=1S/C27H35ClFNO4/c1-3-26(23-7-4-8-25(29)22(23)11-12-27(32)33)34-17-21(31)16-30-13-5-6-20(30)14-19-10-9-18(2)24(28)15-19/h4,7-10,15,20-21,26,31H,3,5-6,11-14,16-17H2,1-2H3,(H,32,33)/t20-,21+,26+/m0/s1. The van der Waals surface area contributed by atoms with Gasteiger partial charge in [-0.2, -0.15) is 0 Å². The zero-order chi connectivity index (χ0) is 24.7. The number of halogens is 2. The molecule has 1 fully saturated rings. The van der Waals surface area contributed by atoms with Gasteiger partial charge in [-0.3, -0.25) is 9.69 Å². The number of hydrogen-bond donors (Lipinski definition) is 2. The van der Waals surface area contributed by atoms with Crippen molar-refractivity contribution in [3.8, 4) is 0 Å². The third-order valence-corrected chi connectivity index (χ3v) is 7.01. The Balaban J connectivity index is 1.58. The van der Waals surface area contributed by atoms with Crippen molar-refractivity contribution < 1.29 is 24.1 Å². The summed E-state index contributed by atoms with van der Waals surface area (Å²) in [5.74, 6) is -1.39. The number of benzene rings is 2. The van der Waals surface area contributed by atoms with E-state index < -0.39 is 24.0 Å². The maximum atomic E-state index is 14.4. The molecule has 2 aromatic rings. The highest BCUT2D eigenvalue weighted by Crippen LogP contribution is 2.28. The maximum absolute atomic E-state index is 14.4. The predicted octanol–water partition coefficient (Wildman–Crippen LogP) is 5.34. The van der Waals surface area contributed by atoms with Gasteiger partial charge in [-0.05, 0) is 80.0 Å². The molecule has 5 nitrogen and oxygen atoms in total. The molecule has 0 unspecified atom stereocenters. The lowest BCUT2D eigenvalue weighted by molar-refractivity contribution is -0.136. The van der Waals surface area contributed by atoms with Gasteiger partial charge >= 0.3 is 5.97 Å². The summed E-state index contributed by atoms with van der Waals surface area (Å²) >= 11 is 6.29. The molecule has 1 heterocycles. The van der Waals surface area contributed by atoms with Crippen molar-refractivity contribution in [2.75, 3.05) is 19.7 Å². The molecule has 186 valence electrons. The van der Waals surface area contributed by atoms with Gasteiger partial charge < -0.3 is 14.9 Å². The van der Waals surface area contributed by atoms with Crippen LogP contribution in [0.1, 0.15) is 61.0 Å². The van der Waals surface area contributed by atoms with E-state index in [4.69, 9.17) is 21.4 Å². The molecule has 0 amide bonds.